The van der Waals surface area contributed by atoms with E-state index in [1.165, 1.54) is 12.1 Å². The van der Waals surface area contributed by atoms with E-state index < -0.39 is 11.7 Å². The molecule has 2 nitrogen and oxygen atoms in total. The molecule has 0 spiro atoms. The van der Waals surface area contributed by atoms with E-state index in [2.05, 4.69) is 18.7 Å². The van der Waals surface area contributed by atoms with Crippen molar-refractivity contribution in [1.29, 1.82) is 0 Å². The van der Waals surface area contributed by atoms with E-state index in [-0.39, 0.29) is 5.69 Å². The number of hydrogen-bond acceptors (Lipinski definition) is 2. The molecule has 2 rings (SSSR count). The summed E-state index contributed by atoms with van der Waals surface area (Å²) in [7, 11) is 0. The SMILES string of the molecule is CC1CC(C)N(Cc2ccc(N)cc2C(F)(F)F)C1. The Morgan fingerprint density at radius 2 is 2.00 bits per heavy atom. The van der Waals surface area contributed by atoms with Gasteiger partial charge in [-0.05, 0) is 37.0 Å². The van der Waals surface area contributed by atoms with Crippen molar-refractivity contribution in [1.82, 2.24) is 4.90 Å². The molecule has 19 heavy (non-hydrogen) atoms. The third-order valence-corrected chi connectivity index (χ3v) is 3.73. The third-order valence-electron chi connectivity index (χ3n) is 3.73. The van der Waals surface area contributed by atoms with Crippen LogP contribution in [-0.4, -0.2) is 17.5 Å². The molecule has 0 aliphatic carbocycles. The number of nitrogens with zero attached hydrogens (tertiary/aromatic N) is 1. The predicted octanol–water partition coefficient (Wildman–Crippen LogP) is 3.52. The maximum atomic E-state index is 13.0. The molecule has 2 unspecified atom stereocenters. The van der Waals surface area contributed by atoms with Crippen molar-refractivity contribution in [2.75, 3.05) is 12.3 Å². The van der Waals surface area contributed by atoms with Crippen LogP contribution in [0.1, 0.15) is 31.4 Å². The summed E-state index contributed by atoms with van der Waals surface area (Å²) in [5.74, 6) is 0.540. The Morgan fingerprint density at radius 3 is 2.53 bits per heavy atom. The normalized spacial score (nSPS) is 24.9. The Bertz CT molecular complexity index is 456. The monoisotopic (exact) mass is 272 g/mol. The van der Waals surface area contributed by atoms with Gasteiger partial charge < -0.3 is 5.73 Å². The number of anilines is 1. The van der Waals surface area contributed by atoms with Crippen molar-refractivity contribution in [3.05, 3.63) is 29.3 Å². The summed E-state index contributed by atoms with van der Waals surface area (Å²) in [6.07, 6.45) is -3.31. The standard InChI is InChI=1S/C14H19F3N2/c1-9-5-10(2)19(7-9)8-11-3-4-12(18)6-13(11)14(15,16)17/h3-4,6,9-10H,5,7-8,18H2,1-2H3. The van der Waals surface area contributed by atoms with Crippen LogP contribution in [0.25, 0.3) is 0 Å². The maximum absolute atomic E-state index is 13.0. The van der Waals surface area contributed by atoms with Crippen molar-refractivity contribution in [3.63, 3.8) is 0 Å². The second kappa shape index (κ2) is 5.04. The molecular formula is C14H19F3N2. The smallest absolute Gasteiger partial charge is 0.399 e. The van der Waals surface area contributed by atoms with Gasteiger partial charge >= 0.3 is 6.18 Å². The molecule has 1 saturated heterocycles. The zero-order valence-electron chi connectivity index (χ0n) is 11.2. The number of likely N-dealkylation sites (tertiary alicyclic amines) is 1. The molecule has 1 aliphatic heterocycles. The topological polar surface area (TPSA) is 29.3 Å². The lowest BCUT2D eigenvalue weighted by Gasteiger charge is -2.23. The van der Waals surface area contributed by atoms with Gasteiger partial charge in [0.1, 0.15) is 0 Å². The highest BCUT2D eigenvalue weighted by molar-refractivity contribution is 5.46. The van der Waals surface area contributed by atoms with Crippen LogP contribution in [0.15, 0.2) is 18.2 Å². The van der Waals surface area contributed by atoms with Crippen LogP contribution in [0, 0.1) is 5.92 Å². The lowest BCUT2D eigenvalue weighted by molar-refractivity contribution is -0.138. The van der Waals surface area contributed by atoms with Crippen LogP contribution in [0.5, 0.6) is 0 Å². The van der Waals surface area contributed by atoms with E-state index in [1.807, 2.05) is 0 Å². The lowest BCUT2D eigenvalue weighted by atomic mass is 10.1. The fourth-order valence-corrected chi connectivity index (χ4v) is 2.82. The zero-order chi connectivity index (χ0) is 14.2. The number of benzene rings is 1. The summed E-state index contributed by atoms with van der Waals surface area (Å²) in [5.41, 5.74) is 5.32. The molecule has 1 heterocycles. The highest BCUT2D eigenvalue weighted by Gasteiger charge is 2.35. The summed E-state index contributed by atoms with van der Waals surface area (Å²) in [6.45, 7) is 5.38. The fraction of sp³-hybridized carbons (Fsp3) is 0.571. The minimum absolute atomic E-state index is 0.152. The van der Waals surface area contributed by atoms with Gasteiger partial charge in [0.2, 0.25) is 0 Å². The van der Waals surface area contributed by atoms with Crippen LogP contribution in [0.4, 0.5) is 18.9 Å². The van der Waals surface area contributed by atoms with Crippen molar-refractivity contribution in [2.24, 2.45) is 5.92 Å². The summed E-state index contributed by atoms with van der Waals surface area (Å²) in [4.78, 5) is 2.10. The van der Waals surface area contributed by atoms with Gasteiger partial charge in [-0.2, -0.15) is 13.2 Å². The van der Waals surface area contributed by atoms with E-state index in [1.54, 1.807) is 0 Å². The maximum Gasteiger partial charge on any atom is 0.416 e. The number of rotatable bonds is 2. The van der Waals surface area contributed by atoms with Gasteiger partial charge in [-0.25, -0.2) is 0 Å². The van der Waals surface area contributed by atoms with Crippen LogP contribution in [0.2, 0.25) is 0 Å². The summed E-state index contributed by atoms with van der Waals surface area (Å²) in [6, 6.07) is 4.39. The number of hydrogen-bond donors (Lipinski definition) is 1. The molecule has 0 aromatic heterocycles. The molecule has 0 bridgehead atoms. The molecule has 2 atom stereocenters. The molecule has 1 aliphatic rings. The van der Waals surface area contributed by atoms with Crippen molar-refractivity contribution in [3.8, 4) is 0 Å². The first-order chi connectivity index (χ1) is 8.77. The van der Waals surface area contributed by atoms with Gasteiger partial charge in [0.05, 0.1) is 5.56 Å². The fourth-order valence-electron chi connectivity index (χ4n) is 2.82. The Hall–Kier alpha value is -1.23. The van der Waals surface area contributed by atoms with Gasteiger partial charge in [0.25, 0.3) is 0 Å². The second-order valence-corrected chi connectivity index (χ2v) is 5.53. The van der Waals surface area contributed by atoms with Gasteiger partial charge in [0.15, 0.2) is 0 Å². The average Bonchev–Trinajstić information content (AvgIpc) is 2.58. The van der Waals surface area contributed by atoms with Gasteiger partial charge in [-0.1, -0.05) is 13.0 Å². The summed E-state index contributed by atoms with van der Waals surface area (Å²) in [5, 5.41) is 0. The first-order valence-electron chi connectivity index (χ1n) is 6.47. The first kappa shape index (κ1) is 14.2. The molecule has 106 valence electrons. The molecule has 5 heteroatoms. The van der Waals surface area contributed by atoms with Crippen molar-refractivity contribution < 1.29 is 13.2 Å². The molecule has 1 fully saturated rings. The van der Waals surface area contributed by atoms with E-state index in [0.717, 1.165) is 19.0 Å². The molecule has 1 aromatic carbocycles. The van der Waals surface area contributed by atoms with Crippen LogP contribution >= 0.6 is 0 Å². The number of nitrogen functional groups attached to an aromatic ring is 1. The number of halogens is 3. The van der Waals surface area contributed by atoms with Gasteiger partial charge in [0, 0.05) is 24.8 Å². The highest BCUT2D eigenvalue weighted by atomic mass is 19.4. The van der Waals surface area contributed by atoms with Crippen molar-refractivity contribution in [2.45, 2.75) is 39.0 Å². The molecule has 1 aromatic rings. The second-order valence-electron chi connectivity index (χ2n) is 5.53. The zero-order valence-corrected chi connectivity index (χ0v) is 11.2. The molecule has 0 radical (unpaired) electrons. The minimum atomic E-state index is -4.35. The largest absolute Gasteiger partial charge is 0.416 e. The average molecular weight is 272 g/mol. The van der Waals surface area contributed by atoms with Crippen LogP contribution < -0.4 is 5.73 Å². The van der Waals surface area contributed by atoms with Gasteiger partial charge in [-0.15, -0.1) is 0 Å². The number of alkyl halides is 3. The molecule has 0 amide bonds. The van der Waals surface area contributed by atoms with Crippen LogP contribution in [-0.2, 0) is 12.7 Å². The quantitative estimate of drug-likeness (QED) is 0.835. The molecule has 2 N–H and O–H groups in total. The molecule has 0 saturated carbocycles. The minimum Gasteiger partial charge on any atom is -0.399 e. The first-order valence-corrected chi connectivity index (χ1v) is 6.47. The Labute approximate surface area is 111 Å². The van der Waals surface area contributed by atoms with Gasteiger partial charge in [-0.3, -0.25) is 4.90 Å². The number of nitrogens with two attached hydrogens (primary N) is 1. The predicted molar refractivity (Wildman–Crippen MR) is 69.5 cm³/mol. The molecular weight excluding hydrogens is 253 g/mol. The third kappa shape index (κ3) is 3.21. The lowest BCUT2D eigenvalue weighted by Crippen LogP contribution is -2.28. The Kier molecular flexibility index (Phi) is 3.76. The van der Waals surface area contributed by atoms with Crippen molar-refractivity contribution >= 4 is 5.69 Å². The van der Waals surface area contributed by atoms with E-state index >= 15 is 0 Å². The van der Waals surface area contributed by atoms with Crippen LogP contribution in [0.3, 0.4) is 0 Å². The Balaban J connectivity index is 2.25. The Morgan fingerprint density at radius 1 is 1.32 bits per heavy atom. The summed E-state index contributed by atoms with van der Waals surface area (Å²) >= 11 is 0. The van der Waals surface area contributed by atoms with E-state index in [4.69, 9.17) is 5.73 Å². The summed E-state index contributed by atoms with van der Waals surface area (Å²) < 4.78 is 39.0. The highest BCUT2D eigenvalue weighted by Crippen LogP contribution is 2.35. The van der Waals surface area contributed by atoms with E-state index in [0.29, 0.717) is 24.1 Å². The van der Waals surface area contributed by atoms with E-state index in [9.17, 15) is 13.2 Å².